The molecule has 0 bridgehead atoms. The smallest absolute Gasteiger partial charge is 0.341 e. The average molecular weight is 473 g/mol. The normalized spacial score (nSPS) is 11.1. The third kappa shape index (κ3) is 8.61. The van der Waals surface area contributed by atoms with Gasteiger partial charge in [-0.05, 0) is 48.1 Å². The molecule has 7 heteroatoms. The van der Waals surface area contributed by atoms with Crippen LogP contribution in [0.2, 0.25) is 0 Å². The molecule has 186 valence electrons. The highest BCUT2D eigenvalue weighted by Crippen LogP contribution is 2.33. The molecular formula is C27H36O7. The van der Waals surface area contributed by atoms with Crippen LogP contribution in [0.25, 0.3) is 0 Å². The SMILES string of the molecule is CC(C)COc1ccc(C(=O)c2ccc(OCC(C)C)c(OCC(=O)O)c2)c(OCC(C)C)c1. The van der Waals surface area contributed by atoms with Crippen LogP contribution in [0.15, 0.2) is 36.4 Å². The van der Waals surface area contributed by atoms with E-state index in [9.17, 15) is 9.59 Å². The van der Waals surface area contributed by atoms with Crippen LogP contribution in [0.1, 0.15) is 57.5 Å². The molecule has 0 heterocycles. The van der Waals surface area contributed by atoms with Crippen LogP contribution in [-0.4, -0.2) is 43.3 Å². The third-order valence-electron chi connectivity index (χ3n) is 4.48. The average Bonchev–Trinajstić information content (AvgIpc) is 2.78. The van der Waals surface area contributed by atoms with Crippen molar-refractivity contribution in [1.82, 2.24) is 0 Å². The van der Waals surface area contributed by atoms with E-state index in [-0.39, 0.29) is 23.4 Å². The Hall–Kier alpha value is -3.22. The van der Waals surface area contributed by atoms with Gasteiger partial charge in [-0.15, -0.1) is 0 Å². The van der Waals surface area contributed by atoms with Gasteiger partial charge in [-0.3, -0.25) is 4.79 Å². The van der Waals surface area contributed by atoms with Gasteiger partial charge in [0.2, 0.25) is 0 Å². The fraction of sp³-hybridized carbons (Fsp3) is 0.481. The van der Waals surface area contributed by atoms with Crippen molar-refractivity contribution in [2.45, 2.75) is 41.5 Å². The summed E-state index contributed by atoms with van der Waals surface area (Å²) in [7, 11) is 0. The summed E-state index contributed by atoms with van der Waals surface area (Å²) in [6, 6.07) is 9.95. The van der Waals surface area contributed by atoms with Crippen LogP contribution in [0.5, 0.6) is 23.0 Å². The van der Waals surface area contributed by atoms with Crippen LogP contribution in [0, 0.1) is 17.8 Å². The highest BCUT2D eigenvalue weighted by atomic mass is 16.5. The fourth-order valence-electron chi connectivity index (χ4n) is 2.85. The number of ketones is 1. The van der Waals surface area contributed by atoms with E-state index in [1.54, 1.807) is 30.3 Å². The summed E-state index contributed by atoms with van der Waals surface area (Å²) in [5.41, 5.74) is 0.722. The van der Waals surface area contributed by atoms with E-state index >= 15 is 0 Å². The zero-order valence-corrected chi connectivity index (χ0v) is 20.9. The highest BCUT2D eigenvalue weighted by Gasteiger charge is 2.19. The van der Waals surface area contributed by atoms with Gasteiger partial charge in [0.05, 0.1) is 25.4 Å². The number of carboxylic acids is 1. The maximum atomic E-state index is 13.4. The minimum atomic E-state index is -1.12. The molecule has 0 saturated carbocycles. The largest absolute Gasteiger partial charge is 0.493 e. The molecule has 0 spiro atoms. The van der Waals surface area contributed by atoms with Gasteiger partial charge in [-0.1, -0.05) is 41.5 Å². The van der Waals surface area contributed by atoms with Gasteiger partial charge in [-0.25, -0.2) is 4.79 Å². The van der Waals surface area contributed by atoms with E-state index in [0.29, 0.717) is 54.1 Å². The third-order valence-corrected chi connectivity index (χ3v) is 4.48. The number of ether oxygens (including phenoxy) is 4. The van der Waals surface area contributed by atoms with Crippen molar-refractivity contribution >= 4 is 11.8 Å². The predicted octanol–water partition coefficient (Wildman–Crippen LogP) is 5.49. The predicted molar refractivity (Wildman–Crippen MR) is 130 cm³/mol. The number of carboxylic acid groups (broad SMARTS) is 1. The lowest BCUT2D eigenvalue weighted by atomic mass is 10.0. The number of carbonyl (C=O) groups excluding carboxylic acids is 1. The van der Waals surface area contributed by atoms with Crippen LogP contribution in [0.3, 0.4) is 0 Å². The Bertz CT molecular complexity index is 963. The van der Waals surface area contributed by atoms with Crippen molar-refractivity contribution in [1.29, 1.82) is 0 Å². The first-order valence-electron chi connectivity index (χ1n) is 11.6. The molecule has 0 unspecified atom stereocenters. The maximum absolute atomic E-state index is 13.4. The Morgan fingerprint density at radius 2 is 1.29 bits per heavy atom. The molecule has 0 saturated heterocycles. The molecule has 0 atom stereocenters. The van der Waals surface area contributed by atoms with Gasteiger partial charge in [0.15, 0.2) is 23.9 Å². The van der Waals surface area contributed by atoms with Crippen molar-refractivity contribution in [2.24, 2.45) is 17.8 Å². The number of hydrogen-bond acceptors (Lipinski definition) is 6. The second kappa shape index (κ2) is 12.9. The Morgan fingerprint density at radius 1 is 0.706 bits per heavy atom. The minimum Gasteiger partial charge on any atom is -0.493 e. The van der Waals surface area contributed by atoms with E-state index in [2.05, 4.69) is 13.8 Å². The van der Waals surface area contributed by atoms with E-state index in [1.807, 2.05) is 27.7 Å². The van der Waals surface area contributed by atoms with E-state index in [4.69, 9.17) is 24.1 Å². The first kappa shape index (κ1) is 27.0. The fourth-order valence-corrected chi connectivity index (χ4v) is 2.85. The quantitative estimate of drug-likeness (QED) is 0.364. The molecule has 0 fully saturated rings. The van der Waals surface area contributed by atoms with Crippen molar-refractivity contribution in [2.75, 3.05) is 26.4 Å². The molecule has 0 aliphatic heterocycles. The monoisotopic (exact) mass is 472 g/mol. The first-order chi connectivity index (χ1) is 16.1. The lowest BCUT2D eigenvalue weighted by Gasteiger charge is -2.17. The molecule has 0 amide bonds. The highest BCUT2D eigenvalue weighted by molar-refractivity contribution is 6.11. The van der Waals surface area contributed by atoms with Crippen molar-refractivity contribution < 1.29 is 33.6 Å². The number of rotatable bonds is 14. The van der Waals surface area contributed by atoms with Gasteiger partial charge < -0.3 is 24.1 Å². The minimum absolute atomic E-state index is 0.204. The van der Waals surface area contributed by atoms with Crippen LogP contribution >= 0.6 is 0 Å². The Balaban J connectivity index is 2.38. The molecule has 0 aliphatic rings. The molecule has 7 nitrogen and oxygen atoms in total. The van der Waals surface area contributed by atoms with E-state index in [0.717, 1.165) is 0 Å². The molecule has 0 radical (unpaired) electrons. The molecule has 0 aromatic heterocycles. The number of carbonyl (C=O) groups is 2. The van der Waals surface area contributed by atoms with E-state index in [1.165, 1.54) is 6.07 Å². The Labute approximate surface area is 202 Å². The zero-order chi connectivity index (χ0) is 25.3. The Kier molecular flexibility index (Phi) is 10.2. The van der Waals surface area contributed by atoms with Gasteiger partial charge in [-0.2, -0.15) is 0 Å². The number of hydrogen-bond donors (Lipinski definition) is 1. The summed E-state index contributed by atoms with van der Waals surface area (Å²) in [4.78, 5) is 24.5. The number of benzene rings is 2. The molecule has 2 rings (SSSR count). The van der Waals surface area contributed by atoms with Crippen molar-refractivity contribution in [3.8, 4) is 23.0 Å². The van der Waals surface area contributed by atoms with E-state index < -0.39 is 12.6 Å². The van der Waals surface area contributed by atoms with Gasteiger partial charge in [0.25, 0.3) is 0 Å². The van der Waals surface area contributed by atoms with Crippen molar-refractivity contribution in [3.05, 3.63) is 47.5 Å². The molecule has 2 aromatic carbocycles. The summed E-state index contributed by atoms with van der Waals surface area (Å²) in [5, 5.41) is 9.02. The lowest BCUT2D eigenvalue weighted by Crippen LogP contribution is -2.13. The van der Waals surface area contributed by atoms with Crippen molar-refractivity contribution in [3.63, 3.8) is 0 Å². The first-order valence-corrected chi connectivity index (χ1v) is 11.6. The topological polar surface area (TPSA) is 91.3 Å². The summed E-state index contributed by atoms with van der Waals surface area (Å²) in [6.07, 6.45) is 0. The molecule has 2 aromatic rings. The van der Waals surface area contributed by atoms with Crippen LogP contribution < -0.4 is 18.9 Å². The zero-order valence-electron chi connectivity index (χ0n) is 20.9. The van der Waals surface area contributed by atoms with Crippen LogP contribution in [0.4, 0.5) is 0 Å². The van der Waals surface area contributed by atoms with Crippen LogP contribution in [-0.2, 0) is 4.79 Å². The molecule has 0 aliphatic carbocycles. The standard InChI is InChI=1S/C27H36O7/c1-17(2)13-31-21-8-9-22(24(12-21)33-15-19(5)6)27(30)20-7-10-23(32-14-18(3)4)25(11-20)34-16-26(28)29/h7-12,17-19H,13-16H2,1-6H3,(H,28,29). The second-order valence-electron chi connectivity index (χ2n) is 9.45. The molecule has 34 heavy (non-hydrogen) atoms. The second-order valence-corrected chi connectivity index (χ2v) is 9.45. The van der Waals surface area contributed by atoms with Gasteiger partial charge in [0, 0.05) is 11.6 Å². The Morgan fingerprint density at radius 3 is 1.88 bits per heavy atom. The summed E-state index contributed by atoms with van der Waals surface area (Å²) in [6.45, 7) is 13.1. The summed E-state index contributed by atoms with van der Waals surface area (Å²) < 4.78 is 22.9. The van der Waals surface area contributed by atoms with Gasteiger partial charge in [0.1, 0.15) is 11.5 Å². The number of aliphatic carboxylic acids is 1. The molecular weight excluding hydrogens is 436 g/mol. The summed E-state index contributed by atoms with van der Waals surface area (Å²) >= 11 is 0. The van der Waals surface area contributed by atoms with Gasteiger partial charge >= 0.3 is 5.97 Å². The summed E-state index contributed by atoms with van der Waals surface area (Å²) in [5.74, 6) is 1.18. The molecule has 1 N–H and O–H groups in total. The lowest BCUT2D eigenvalue weighted by molar-refractivity contribution is -0.139. The maximum Gasteiger partial charge on any atom is 0.341 e.